The van der Waals surface area contributed by atoms with Crippen LogP contribution in [0.4, 0.5) is 0 Å². The number of rotatable bonds is 5. The minimum absolute atomic E-state index is 0.148. The molecule has 0 radical (unpaired) electrons. The fourth-order valence-corrected chi connectivity index (χ4v) is 1.61. The van der Waals surface area contributed by atoms with Gasteiger partial charge in [-0.3, -0.25) is 5.32 Å². The van der Waals surface area contributed by atoms with Crippen LogP contribution in [-0.4, -0.2) is 46.7 Å². The summed E-state index contributed by atoms with van der Waals surface area (Å²) in [7, 11) is 0. The first kappa shape index (κ1) is 11.7. The molecular formula is C10H19NO3. The zero-order valence-corrected chi connectivity index (χ0v) is 8.32. The van der Waals surface area contributed by atoms with Crippen LogP contribution in [0.2, 0.25) is 0 Å². The van der Waals surface area contributed by atoms with Gasteiger partial charge < -0.3 is 15.3 Å². The molecule has 0 aromatic carbocycles. The SMILES string of the molecule is OCC(CO)(CO)NC1C=CCCC1. The van der Waals surface area contributed by atoms with Crippen molar-refractivity contribution in [3.8, 4) is 0 Å². The Morgan fingerprint density at radius 2 is 1.86 bits per heavy atom. The van der Waals surface area contributed by atoms with Gasteiger partial charge in [0.05, 0.1) is 25.4 Å². The van der Waals surface area contributed by atoms with Gasteiger partial charge in [-0.15, -0.1) is 0 Å². The molecule has 0 aromatic rings. The van der Waals surface area contributed by atoms with Gasteiger partial charge in [-0.1, -0.05) is 12.2 Å². The highest BCUT2D eigenvalue weighted by molar-refractivity contribution is 5.02. The van der Waals surface area contributed by atoms with E-state index in [1.54, 1.807) is 0 Å². The molecule has 0 heterocycles. The van der Waals surface area contributed by atoms with Gasteiger partial charge >= 0.3 is 0 Å². The number of hydrogen-bond acceptors (Lipinski definition) is 4. The molecule has 0 bridgehead atoms. The molecule has 0 spiro atoms. The van der Waals surface area contributed by atoms with Gasteiger partial charge in [0.25, 0.3) is 0 Å². The minimum atomic E-state index is -0.952. The van der Waals surface area contributed by atoms with Crippen molar-refractivity contribution < 1.29 is 15.3 Å². The van der Waals surface area contributed by atoms with E-state index < -0.39 is 5.54 Å². The van der Waals surface area contributed by atoms with Crippen molar-refractivity contribution in [2.45, 2.75) is 30.8 Å². The van der Waals surface area contributed by atoms with Gasteiger partial charge in [0.2, 0.25) is 0 Å². The molecule has 4 heteroatoms. The summed E-state index contributed by atoms with van der Waals surface area (Å²) in [5, 5.41) is 30.4. The number of hydrogen-bond donors (Lipinski definition) is 4. The Bertz CT molecular complexity index is 182. The Morgan fingerprint density at radius 1 is 1.21 bits per heavy atom. The van der Waals surface area contributed by atoms with Crippen LogP contribution in [0, 0.1) is 0 Å². The van der Waals surface area contributed by atoms with E-state index in [0.717, 1.165) is 19.3 Å². The lowest BCUT2D eigenvalue weighted by atomic mass is 9.97. The molecule has 0 saturated carbocycles. The van der Waals surface area contributed by atoms with Crippen molar-refractivity contribution in [1.82, 2.24) is 5.32 Å². The monoisotopic (exact) mass is 201 g/mol. The van der Waals surface area contributed by atoms with Crippen LogP contribution in [0.3, 0.4) is 0 Å². The van der Waals surface area contributed by atoms with Gasteiger partial charge in [-0.05, 0) is 19.3 Å². The van der Waals surface area contributed by atoms with Crippen LogP contribution in [0.5, 0.6) is 0 Å². The van der Waals surface area contributed by atoms with Crippen LogP contribution in [-0.2, 0) is 0 Å². The molecule has 1 rings (SSSR count). The van der Waals surface area contributed by atoms with E-state index in [1.807, 2.05) is 6.08 Å². The molecule has 0 fully saturated rings. The fourth-order valence-electron chi connectivity index (χ4n) is 1.61. The number of aliphatic hydroxyl groups is 3. The molecule has 1 aliphatic rings. The summed E-state index contributed by atoms with van der Waals surface area (Å²) in [6.07, 6.45) is 7.28. The van der Waals surface area contributed by atoms with E-state index in [9.17, 15) is 0 Å². The first-order chi connectivity index (χ1) is 6.76. The minimum Gasteiger partial charge on any atom is -0.394 e. The summed E-state index contributed by atoms with van der Waals surface area (Å²) >= 11 is 0. The largest absolute Gasteiger partial charge is 0.394 e. The Hall–Kier alpha value is -0.420. The maximum Gasteiger partial charge on any atom is 0.0886 e. The molecule has 0 aromatic heterocycles. The molecule has 4 N–H and O–H groups in total. The van der Waals surface area contributed by atoms with Gasteiger partial charge in [-0.25, -0.2) is 0 Å². The van der Waals surface area contributed by atoms with Crippen molar-refractivity contribution in [1.29, 1.82) is 0 Å². The molecule has 1 atom stereocenters. The van der Waals surface area contributed by atoms with Crippen molar-refractivity contribution in [3.05, 3.63) is 12.2 Å². The normalized spacial score (nSPS) is 22.6. The molecule has 14 heavy (non-hydrogen) atoms. The maximum atomic E-state index is 9.10. The molecule has 4 nitrogen and oxygen atoms in total. The third-order valence-electron chi connectivity index (χ3n) is 2.65. The zero-order valence-electron chi connectivity index (χ0n) is 8.32. The Balaban J connectivity index is 2.53. The second-order valence-electron chi connectivity index (χ2n) is 3.86. The lowest BCUT2D eigenvalue weighted by Gasteiger charge is -2.33. The quantitative estimate of drug-likeness (QED) is 0.448. The van der Waals surface area contributed by atoms with Gasteiger partial charge in [0.15, 0.2) is 0 Å². The lowest BCUT2D eigenvalue weighted by Crippen LogP contribution is -2.58. The summed E-state index contributed by atoms with van der Waals surface area (Å²) in [6.45, 7) is -0.779. The van der Waals surface area contributed by atoms with Crippen molar-refractivity contribution in [2.75, 3.05) is 19.8 Å². The Labute approximate surface area is 84.3 Å². The average molecular weight is 201 g/mol. The molecule has 0 amide bonds. The van der Waals surface area contributed by atoms with Gasteiger partial charge in [0, 0.05) is 6.04 Å². The zero-order chi connectivity index (χ0) is 10.4. The predicted molar refractivity (Wildman–Crippen MR) is 53.9 cm³/mol. The average Bonchev–Trinajstić information content (AvgIpc) is 2.28. The van der Waals surface area contributed by atoms with E-state index in [-0.39, 0.29) is 25.9 Å². The number of allylic oxidation sites excluding steroid dienone is 1. The summed E-state index contributed by atoms with van der Waals surface area (Å²) in [5.41, 5.74) is -0.952. The second kappa shape index (κ2) is 5.46. The van der Waals surface area contributed by atoms with E-state index in [4.69, 9.17) is 15.3 Å². The van der Waals surface area contributed by atoms with Crippen molar-refractivity contribution in [2.24, 2.45) is 0 Å². The van der Waals surface area contributed by atoms with Gasteiger partial charge in [-0.2, -0.15) is 0 Å². The van der Waals surface area contributed by atoms with E-state index in [1.165, 1.54) is 0 Å². The first-order valence-corrected chi connectivity index (χ1v) is 5.03. The standard InChI is InChI=1S/C10H19NO3/c12-6-10(7-13,8-14)11-9-4-2-1-3-5-9/h2,4,9,11-14H,1,3,5-8H2. The third kappa shape index (κ3) is 2.78. The summed E-state index contributed by atoms with van der Waals surface area (Å²) in [6, 6.07) is 0.148. The topological polar surface area (TPSA) is 72.7 Å². The summed E-state index contributed by atoms with van der Waals surface area (Å²) < 4.78 is 0. The molecule has 82 valence electrons. The highest BCUT2D eigenvalue weighted by atomic mass is 16.3. The second-order valence-corrected chi connectivity index (χ2v) is 3.86. The lowest BCUT2D eigenvalue weighted by molar-refractivity contribution is 0.0368. The van der Waals surface area contributed by atoms with Crippen LogP contribution in [0.1, 0.15) is 19.3 Å². The summed E-state index contributed by atoms with van der Waals surface area (Å²) in [4.78, 5) is 0. The predicted octanol–water partition coefficient (Wildman–Crippen LogP) is -0.600. The smallest absolute Gasteiger partial charge is 0.0886 e. The van der Waals surface area contributed by atoms with Gasteiger partial charge in [0.1, 0.15) is 0 Å². The molecule has 1 unspecified atom stereocenters. The Kier molecular flexibility index (Phi) is 4.54. The molecule has 0 aliphatic heterocycles. The van der Waals surface area contributed by atoms with Crippen molar-refractivity contribution >= 4 is 0 Å². The fraction of sp³-hybridized carbons (Fsp3) is 0.800. The Morgan fingerprint density at radius 3 is 2.29 bits per heavy atom. The number of nitrogens with one attached hydrogen (secondary N) is 1. The van der Waals surface area contributed by atoms with Crippen LogP contribution in [0.25, 0.3) is 0 Å². The third-order valence-corrected chi connectivity index (χ3v) is 2.65. The number of aliphatic hydroxyl groups excluding tert-OH is 3. The first-order valence-electron chi connectivity index (χ1n) is 5.03. The molecule has 1 aliphatic carbocycles. The molecule has 0 saturated heterocycles. The van der Waals surface area contributed by atoms with E-state index in [0.29, 0.717) is 0 Å². The molecular weight excluding hydrogens is 182 g/mol. The van der Waals surface area contributed by atoms with E-state index in [2.05, 4.69) is 11.4 Å². The van der Waals surface area contributed by atoms with Crippen LogP contribution < -0.4 is 5.32 Å². The van der Waals surface area contributed by atoms with Crippen LogP contribution in [0.15, 0.2) is 12.2 Å². The van der Waals surface area contributed by atoms with E-state index >= 15 is 0 Å². The van der Waals surface area contributed by atoms with Crippen LogP contribution >= 0.6 is 0 Å². The maximum absolute atomic E-state index is 9.10. The van der Waals surface area contributed by atoms with Crippen molar-refractivity contribution in [3.63, 3.8) is 0 Å². The highest BCUT2D eigenvalue weighted by Gasteiger charge is 2.29. The summed E-state index contributed by atoms with van der Waals surface area (Å²) in [5.74, 6) is 0. The highest BCUT2D eigenvalue weighted by Crippen LogP contribution is 2.13.